The molecule has 0 saturated carbocycles. The standard InChI is InChI=1S/C21H23F3N4O2/c1-13-10-28(12-19(29)25-2)11-16-6-15(3-4-18(13)16)20(30)27-17-5-14(8-26-9-17)7-21(22,23)24/h3-6,8-9,13H,7,10-12H2,1-2H3,(H,25,29)(H,27,30)/t13-/m0/s1. The van der Waals surface area contributed by atoms with Gasteiger partial charge in [0.05, 0.1) is 24.8 Å². The van der Waals surface area contributed by atoms with Crippen LogP contribution in [0.2, 0.25) is 0 Å². The number of fused-ring (bicyclic) bond motifs is 1. The van der Waals surface area contributed by atoms with Crippen LogP contribution >= 0.6 is 0 Å². The van der Waals surface area contributed by atoms with Gasteiger partial charge in [0, 0.05) is 31.9 Å². The van der Waals surface area contributed by atoms with E-state index in [1.54, 1.807) is 19.2 Å². The Morgan fingerprint density at radius 2 is 2.00 bits per heavy atom. The first-order chi connectivity index (χ1) is 14.1. The number of likely N-dealkylation sites (N-methyl/N-ethyl adjacent to an activating group) is 1. The molecule has 1 aliphatic rings. The zero-order valence-corrected chi connectivity index (χ0v) is 16.7. The van der Waals surface area contributed by atoms with Crippen molar-refractivity contribution in [2.24, 2.45) is 0 Å². The molecule has 2 N–H and O–H groups in total. The number of hydrogen-bond donors (Lipinski definition) is 2. The first-order valence-electron chi connectivity index (χ1n) is 9.52. The zero-order chi connectivity index (χ0) is 21.9. The maximum absolute atomic E-state index is 12.6. The van der Waals surface area contributed by atoms with Gasteiger partial charge in [-0.25, -0.2) is 0 Å². The molecular weight excluding hydrogens is 397 g/mol. The minimum Gasteiger partial charge on any atom is -0.358 e. The number of aromatic nitrogens is 1. The van der Waals surface area contributed by atoms with Crippen molar-refractivity contribution >= 4 is 17.5 Å². The summed E-state index contributed by atoms with van der Waals surface area (Å²) in [5.41, 5.74) is 2.64. The average molecular weight is 420 g/mol. The van der Waals surface area contributed by atoms with Crippen LogP contribution in [-0.4, -0.2) is 48.0 Å². The van der Waals surface area contributed by atoms with Crippen molar-refractivity contribution in [1.82, 2.24) is 15.2 Å². The highest BCUT2D eigenvalue weighted by atomic mass is 19.4. The number of pyridine rings is 1. The minimum absolute atomic E-state index is 0.0237. The molecule has 6 nitrogen and oxygen atoms in total. The number of nitrogens with zero attached hydrogens (tertiary/aromatic N) is 2. The largest absolute Gasteiger partial charge is 0.393 e. The van der Waals surface area contributed by atoms with Crippen molar-refractivity contribution in [2.75, 3.05) is 25.5 Å². The van der Waals surface area contributed by atoms with E-state index in [0.717, 1.165) is 23.9 Å². The Kier molecular flexibility index (Phi) is 6.40. The highest BCUT2D eigenvalue weighted by molar-refractivity contribution is 6.04. The Bertz CT molecular complexity index is 946. The van der Waals surface area contributed by atoms with Crippen molar-refractivity contribution in [3.05, 3.63) is 58.9 Å². The van der Waals surface area contributed by atoms with Crippen LogP contribution in [0.1, 0.15) is 39.9 Å². The molecule has 1 aromatic carbocycles. The van der Waals surface area contributed by atoms with E-state index < -0.39 is 18.5 Å². The Morgan fingerprint density at radius 1 is 1.23 bits per heavy atom. The second kappa shape index (κ2) is 8.83. The van der Waals surface area contributed by atoms with E-state index in [0.29, 0.717) is 12.1 Å². The number of hydrogen-bond acceptors (Lipinski definition) is 4. The number of halogens is 3. The fourth-order valence-electron chi connectivity index (χ4n) is 3.65. The van der Waals surface area contributed by atoms with Crippen LogP contribution in [0.15, 0.2) is 36.7 Å². The monoisotopic (exact) mass is 420 g/mol. The second-order valence-electron chi connectivity index (χ2n) is 7.49. The molecule has 9 heteroatoms. The zero-order valence-electron chi connectivity index (χ0n) is 16.7. The molecule has 0 fully saturated rings. The lowest BCUT2D eigenvalue weighted by molar-refractivity contribution is -0.127. The van der Waals surface area contributed by atoms with Gasteiger partial charge in [-0.15, -0.1) is 0 Å². The molecule has 0 bridgehead atoms. The van der Waals surface area contributed by atoms with Crippen LogP contribution in [0.4, 0.5) is 18.9 Å². The highest BCUT2D eigenvalue weighted by Gasteiger charge is 2.28. The third kappa shape index (κ3) is 5.56. The Labute approximate surface area is 172 Å². The predicted octanol–water partition coefficient (Wildman–Crippen LogP) is 3.10. The third-order valence-corrected chi connectivity index (χ3v) is 4.97. The summed E-state index contributed by atoms with van der Waals surface area (Å²) in [6.07, 6.45) is -3.02. The van der Waals surface area contributed by atoms with Crippen LogP contribution < -0.4 is 10.6 Å². The maximum Gasteiger partial charge on any atom is 0.393 e. The lowest BCUT2D eigenvalue weighted by atomic mass is 9.89. The van der Waals surface area contributed by atoms with Crippen LogP contribution in [0.3, 0.4) is 0 Å². The number of carbonyl (C=O) groups is 2. The first-order valence-corrected chi connectivity index (χ1v) is 9.52. The third-order valence-electron chi connectivity index (χ3n) is 4.97. The number of alkyl halides is 3. The van der Waals surface area contributed by atoms with Gasteiger partial charge >= 0.3 is 6.18 Å². The Balaban J connectivity index is 1.74. The predicted molar refractivity (Wildman–Crippen MR) is 106 cm³/mol. The molecule has 0 spiro atoms. The van der Waals surface area contributed by atoms with Crippen molar-refractivity contribution in [1.29, 1.82) is 0 Å². The van der Waals surface area contributed by atoms with E-state index in [4.69, 9.17) is 0 Å². The van der Waals surface area contributed by atoms with Gasteiger partial charge in [-0.3, -0.25) is 19.5 Å². The van der Waals surface area contributed by atoms with Crippen molar-refractivity contribution in [3.63, 3.8) is 0 Å². The summed E-state index contributed by atoms with van der Waals surface area (Å²) in [7, 11) is 1.59. The number of benzene rings is 1. The van der Waals surface area contributed by atoms with Gasteiger partial charge in [-0.05, 0) is 40.8 Å². The van der Waals surface area contributed by atoms with Gasteiger partial charge in [0.15, 0.2) is 0 Å². The van der Waals surface area contributed by atoms with Gasteiger partial charge in [0.25, 0.3) is 5.91 Å². The topological polar surface area (TPSA) is 74.3 Å². The number of anilines is 1. The van der Waals surface area contributed by atoms with E-state index in [1.807, 2.05) is 11.0 Å². The normalized spacial score (nSPS) is 16.6. The second-order valence-corrected chi connectivity index (χ2v) is 7.49. The molecule has 2 heterocycles. The van der Waals surface area contributed by atoms with E-state index in [9.17, 15) is 22.8 Å². The summed E-state index contributed by atoms with van der Waals surface area (Å²) in [6.45, 7) is 3.61. The minimum atomic E-state index is -4.35. The van der Waals surface area contributed by atoms with Crippen molar-refractivity contribution < 1.29 is 22.8 Å². The van der Waals surface area contributed by atoms with Gasteiger partial charge in [0.1, 0.15) is 0 Å². The molecule has 1 aromatic heterocycles. The summed E-state index contributed by atoms with van der Waals surface area (Å²) in [5.74, 6) is -0.301. The van der Waals surface area contributed by atoms with E-state index >= 15 is 0 Å². The van der Waals surface area contributed by atoms with Crippen LogP contribution in [0.5, 0.6) is 0 Å². The molecular formula is C21H23F3N4O2. The summed E-state index contributed by atoms with van der Waals surface area (Å²) >= 11 is 0. The van der Waals surface area contributed by atoms with Gasteiger partial charge in [-0.2, -0.15) is 13.2 Å². The molecule has 1 atom stereocenters. The van der Waals surface area contributed by atoms with Crippen molar-refractivity contribution in [3.8, 4) is 0 Å². The van der Waals surface area contributed by atoms with Crippen LogP contribution in [0, 0.1) is 0 Å². The Hall–Kier alpha value is -2.94. The number of carbonyl (C=O) groups excluding carboxylic acids is 2. The molecule has 1 aliphatic heterocycles. The van der Waals surface area contributed by atoms with Crippen molar-refractivity contribution in [2.45, 2.75) is 32.0 Å². The summed E-state index contributed by atoms with van der Waals surface area (Å²) in [5, 5.41) is 5.21. The maximum atomic E-state index is 12.6. The quantitative estimate of drug-likeness (QED) is 0.780. The summed E-state index contributed by atoms with van der Waals surface area (Å²) < 4.78 is 37.7. The highest BCUT2D eigenvalue weighted by Crippen LogP contribution is 2.29. The molecule has 2 amide bonds. The number of nitrogens with one attached hydrogen (secondary N) is 2. The molecule has 0 unspecified atom stereocenters. The van der Waals surface area contributed by atoms with E-state index in [-0.39, 0.29) is 29.6 Å². The molecule has 160 valence electrons. The lowest BCUT2D eigenvalue weighted by Crippen LogP contribution is -2.40. The molecule has 0 aliphatic carbocycles. The molecule has 0 saturated heterocycles. The van der Waals surface area contributed by atoms with Gasteiger partial charge < -0.3 is 10.6 Å². The number of rotatable bonds is 5. The number of amides is 2. The van der Waals surface area contributed by atoms with E-state index in [2.05, 4.69) is 22.5 Å². The fraction of sp³-hybridized carbons (Fsp3) is 0.381. The van der Waals surface area contributed by atoms with Gasteiger partial charge in [0.2, 0.25) is 5.91 Å². The summed E-state index contributed by atoms with van der Waals surface area (Å²) in [6, 6.07) is 6.63. The smallest absolute Gasteiger partial charge is 0.358 e. The van der Waals surface area contributed by atoms with Crippen LogP contribution in [0.25, 0.3) is 0 Å². The Morgan fingerprint density at radius 3 is 2.70 bits per heavy atom. The SMILES string of the molecule is CNC(=O)CN1Cc2cc(C(=O)Nc3cncc(CC(F)(F)F)c3)ccc2[C@@H](C)C1. The molecule has 30 heavy (non-hydrogen) atoms. The average Bonchev–Trinajstić information content (AvgIpc) is 2.66. The summed E-state index contributed by atoms with van der Waals surface area (Å²) in [4.78, 5) is 30.1. The van der Waals surface area contributed by atoms with Gasteiger partial charge in [-0.1, -0.05) is 13.0 Å². The molecule has 0 radical (unpaired) electrons. The van der Waals surface area contributed by atoms with Crippen LogP contribution in [-0.2, 0) is 17.8 Å². The lowest BCUT2D eigenvalue weighted by Gasteiger charge is -2.32. The van der Waals surface area contributed by atoms with E-state index in [1.165, 1.54) is 12.3 Å². The molecule has 3 rings (SSSR count). The first kappa shape index (κ1) is 21.8. The fourth-order valence-corrected chi connectivity index (χ4v) is 3.65. The molecule has 2 aromatic rings.